The number of amides is 1. The van der Waals surface area contributed by atoms with Crippen LogP contribution in [0.15, 0.2) is 53.5 Å². The number of amidine groups is 1. The molecule has 0 N–H and O–H groups in total. The monoisotopic (exact) mass is 328 g/mol. The zero-order valence-corrected chi connectivity index (χ0v) is 13.6. The Hall–Kier alpha value is -2.14. The average Bonchev–Trinajstić information content (AvgIpc) is 3.02. The number of hydrogen-bond acceptors (Lipinski definition) is 3. The summed E-state index contributed by atoms with van der Waals surface area (Å²) >= 11 is 1.40. The first-order valence-corrected chi connectivity index (χ1v) is 8.43. The lowest BCUT2D eigenvalue weighted by molar-refractivity contribution is 0.0860. The van der Waals surface area contributed by atoms with Crippen molar-refractivity contribution in [2.24, 2.45) is 4.99 Å². The van der Waals surface area contributed by atoms with E-state index in [-0.39, 0.29) is 11.7 Å². The molecular formula is C18H17FN2OS. The molecule has 0 fully saturated rings. The van der Waals surface area contributed by atoms with E-state index >= 15 is 0 Å². The van der Waals surface area contributed by atoms with Crippen molar-refractivity contribution in [2.45, 2.75) is 12.7 Å². The van der Waals surface area contributed by atoms with Crippen molar-refractivity contribution in [3.63, 3.8) is 0 Å². The van der Waals surface area contributed by atoms with Crippen molar-refractivity contribution in [2.75, 3.05) is 13.1 Å². The summed E-state index contributed by atoms with van der Waals surface area (Å²) in [6, 6.07) is 14.2. The molecule has 1 amide bonds. The Morgan fingerprint density at radius 1 is 1.22 bits per heavy atom. The lowest BCUT2D eigenvalue weighted by Gasteiger charge is -2.19. The number of rotatable bonds is 3. The molecule has 0 spiro atoms. The van der Waals surface area contributed by atoms with Crippen molar-refractivity contribution < 1.29 is 9.18 Å². The molecule has 0 bridgehead atoms. The van der Waals surface area contributed by atoms with Gasteiger partial charge in [0, 0.05) is 17.9 Å². The van der Waals surface area contributed by atoms with Crippen LogP contribution in [0.2, 0.25) is 0 Å². The van der Waals surface area contributed by atoms with Gasteiger partial charge in [-0.3, -0.25) is 14.7 Å². The summed E-state index contributed by atoms with van der Waals surface area (Å²) in [5.41, 5.74) is 2.26. The van der Waals surface area contributed by atoms with E-state index in [1.807, 2.05) is 37.3 Å². The molecule has 2 aromatic carbocycles. The lowest BCUT2D eigenvalue weighted by Crippen LogP contribution is -2.33. The first kappa shape index (κ1) is 15.7. The molecule has 0 saturated heterocycles. The fraction of sp³-hybridized carbons (Fsp3) is 0.222. The van der Waals surface area contributed by atoms with Gasteiger partial charge in [0.2, 0.25) is 0 Å². The van der Waals surface area contributed by atoms with Crippen molar-refractivity contribution in [1.82, 2.24) is 4.90 Å². The highest BCUT2D eigenvalue weighted by Crippen LogP contribution is 2.23. The second kappa shape index (κ2) is 6.96. The highest BCUT2D eigenvalue weighted by molar-refractivity contribution is 8.13. The second-order valence-electron chi connectivity index (χ2n) is 5.32. The Bertz CT molecular complexity index is 760. The van der Waals surface area contributed by atoms with Gasteiger partial charge in [-0.1, -0.05) is 48.2 Å². The summed E-state index contributed by atoms with van der Waals surface area (Å²) in [5, 5.41) is 0.668. The van der Waals surface area contributed by atoms with Crippen molar-refractivity contribution in [3.8, 4) is 0 Å². The van der Waals surface area contributed by atoms with Gasteiger partial charge in [-0.25, -0.2) is 4.39 Å². The van der Waals surface area contributed by atoms with E-state index < -0.39 is 0 Å². The first-order valence-electron chi connectivity index (χ1n) is 7.45. The van der Waals surface area contributed by atoms with Gasteiger partial charge >= 0.3 is 0 Å². The Morgan fingerprint density at radius 2 is 1.96 bits per heavy atom. The van der Waals surface area contributed by atoms with Crippen LogP contribution in [0.1, 0.15) is 21.5 Å². The van der Waals surface area contributed by atoms with Gasteiger partial charge in [0.25, 0.3) is 5.91 Å². The summed E-state index contributed by atoms with van der Waals surface area (Å²) in [7, 11) is 0. The van der Waals surface area contributed by atoms with Crippen LogP contribution in [0.5, 0.6) is 0 Å². The van der Waals surface area contributed by atoms with Crippen LogP contribution in [0.3, 0.4) is 0 Å². The van der Waals surface area contributed by atoms with E-state index in [0.29, 0.717) is 35.1 Å². The molecule has 1 heterocycles. The zero-order valence-electron chi connectivity index (χ0n) is 12.8. The third-order valence-electron chi connectivity index (χ3n) is 3.74. The van der Waals surface area contributed by atoms with Gasteiger partial charge in [0.1, 0.15) is 5.82 Å². The van der Waals surface area contributed by atoms with Crippen LogP contribution < -0.4 is 0 Å². The second-order valence-corrected chi connectivity index (χ2v) is 6.26. The van der Waals surface area contributed by atoms with Crippen LogP contribution in [0, 0.1) is 12.7 Å². The number of carbonyl (C=O) groups is 1. The molecule has 5 heteroatoms. The molecule has 0 saturated carbocycles. The quantitative estimate of drug-likeness (QED) is 0.856. The molecule has 0 aliphatic carbocycles. The average molecular weight is 328 g/mol. The predicted octanol–water partition coefficient (Wildman–Crippen LogP) is 3.88. The van der Waals surface area contributed by atoms with Crippen LogP contribution in [-0.4, -0.2) is 29.1 Å². The third-order valence-corrected chi connectivity index (χ3v) is 4.80. The van der Waals surface area contributed by atoms with Gasteiger partial charge in [-0.05, 0) is 30.2 Å². The summed E-state index contributed by atoms with van der Waals surface area (Å²) in [6.07, 6.45) is 0. The molecule has 3 nitrogen and oxygen atoms in total. The number of aryl methyl sites for hydroxylation is 1. The van der Waals surface area contributed by atoms with Gasteiger partial charge in [0.05, 0.1) is 6.54 Å². The van der Waals surface area contributed by atoms with Crippen molar-refractivity contribution in [1.29, 1.82) is 0 Å². The van der Waals surface area contributed by atoms with E-state index in [4.69, 9.17) is 0 Å². The molecule has 2 aromatic rings. The van der Waals surface area contributed by atoms with E-state index in [9.17, 15) is 9.18 Å². The number of thioether (sulfide) groups is 1. The number of aliphatic imine (C=N–C) groups is 1. The normalized spacial score (nSPS) is 14.0. The first-order chi connectivity index (χ1) is 11.2. The van der Waals surface area contributed by atoms with E-state index in [0.717, 1.165) is 5.56 Å². The van der Waals surface area contributed by atoms with E-state index in [1.165, 1.54) is 17.8 Å². The summed E-state index contributed by atoms with van der Waals surface area (Å²) in [6.45, 7) is 3.09. The largest absolute Gasteiger partial charge is 0.286 e. The maximum atomic E-state index is 13.7. The van der Waals surface area contributed by atoms with Crippen LogP contribution in [0.4, 0.5) is 4.39 Å². The maximum Gasteiger partial charge on any atom is 0.260 e. The minimum absolute atomic E-state index is 0.0413. The number of nitrogens with zero attached hydrogens (tertiary/aromatic N) is 2. The molecule has 3 rings (SSSR count). The fourth-order valence-electron chi connectivity index (χ4n) is 2.45. The van der Waals surface area contributed by atoms with Crippen LogP contribution in [0.25, 0.3) is 0 Å². The molecule has 0 atom stereocenters. The summed E-state index contributed by atoms with van der Waals surface area (Å²) < 4.78 is 13.7. The number of halogens is 1. The minimum Gasteiger partial charge on any atom is -0.286 e. The molecule has 0 radical (unpaired) electrons. The molecular weight excluding hydrogens is 311 g/mol. The minimum atomic E-state index is -0.227. The summed E-state index contributed by atoms with van der Waals surface area (Å²) in [5.74, 6) is 0.194. The molecule has 0 unspecified atom stereocenters. The molecule has 118 valence electrons. The van der Waals surface area contributed by atoms with Crippen LogP contribution >= 0.6 is 11.8 Å². The maximum absolute atomic E-state index is 13.7. The van der Waals surface area contributed by atoms with Gasteiger partial charge in [-0.2, -0.15) is 0 Å². The Kier molecular flexibility index (Phi) is 4.76. The highest BCUT2D eigenvalue weighted by atomic mass is 32.2. The Labute approximate surface area is 139 Å². The van der Waals surface area contributed by atoms with Gasteiger partial charge < -0.3 is 0 Å². The number of hydrogen-bond donors (Lipinski definition) is 0. The van der Waals surface area contributed by atoms with Gasteiger partial charge in [0.15, 0.2) is 5.17 Å². The fourth-order valence-corrected chi connectivity index (χ4v) is 3.49. The standard InChI is InChI=1S/C18H17FN2OS/c1-13-6-2-4-8-15(13)17(22)21-11-10-20-18(21)23-12-14-7-3-5-9-16(14)19/h2-9H,10-12H2,1H3. The Morgan fingerprint density at radius 3 is 2.74 bits per heavy atom. The number of carbonyl (C=O) groups excluding carboxylic acids is 1. The SMILES string of the molecule is Cc1ccccc1C(=O)N1CCN=C1SCc1ccccc1F. The van der Waals surface area contributed by atoms with E-state index in [1.54, 1.807) is 17.0 Å². The predicted molar refractivity (Wildman–Crippen MR) is 92.2 cm³/mol. The van der Waals surface area contributed by atoms with Crippen molar-refractivity contribution in [3.05, 3.63) is 71.0 Å². The lowest BCUT2D eigenvalue weighted by atomic mass is 10.1. The smallest absolute Gasteiger partial charge is 0.260 e. The van der Waals surface area contributed by atoms with Crippen molar-refractivity contribution >= 4 is 22.8 Å². The molecule has 1 aliphatic rings. The highest BCUT2D eigenvalue weighted by Gasteiger charge is 2.26. The zero-order chi connectivity index (χ0) is 16.2. The molecule has 23 heavy (non-hydrogen) atoms. The third kappa shape index (κ3) is 3.45. The number of benzene rings is 2. The Balaban J connectivity index is 1.72. The topological polar surface area (TPSA) is 32.7 Å². The molecule has 0 aromatic heterocycles. The summed E-state index contributed by atoms with van der Waals surface area (Å²) in [4.78, 5) is 18.8. The van der Waals surface area contributed by atoms with Gasteiger partial charge in [-0.15, -0.1) is 0 Å². The van der Waals surface area contributed by atoms with E-state index in [2.05, 4.69) is 4.99 Å². The van der Waals surface area contributed by atoms with Crippen LogP contribution in [-0.2, 0) is 5.75 Å². The molecule has 1 aliphatic heterocycles.